The lowest BCUT2D eigenvalue weighted by Gasteiger charge is -2.30. The molecule has 14 heavy (non-hydrogen) atoms. The van der Waals surface area contributed by atoms with Gasteiger partial charge in [0.2, 0.25) is 5.91 Å². The average Bonchev–Trinajstić information content (AvgIpc) is 2.05. The first-order chi connectivity index (χ1) is 6.35. The Bertz CT molecular complexity index is 244. The van der Waals surface area contributed by atoms with E-state index in [1.165, 1.54) is 0 Å². The van der Waals surface area contributed by atoms with Gasteiger partial charge >= 0.3 is 7.60 Å². The fourth-order valence-corrected chi connectivity index (χ4v) is 2.61. The van der Waals surface area contributed by atoms with Crippen molar-refractivity contribution < 1.29 is 19.1 Å². The molecule has 0 fully saturated rings. The summed E-state index contributed by atoms with van der Waals surface area (Å²) in [7, 11) is -4.40. The van der Waals surface area contributed by atoms with Crippen molar-refractivity contribution in [2.24, 2.45) is 0 Å². The van der Waals surface area contributed by atoms with Gasteiger partial charge in [0.25, 0.3) is 0 Å². The molecule has 1 amide bonds. The van der Waals surface area contributed by atoms with E-state index in [2.05, 4.69) is 5.32 Å². The van der Waals surface area contributed by atoms with Crippen LogP contribution in [-0.2, 0) is 9.36 Å². The summed E-state index contributed by atoms with van der Waals surface area (Å²) in [6, 6.07) is 0. The van der Waals surface area contributed by atoms with Crippen molar-refractivity contribution in [1.29, 1.82) is 0 Å². The quantitative estimate of drug-likeness (QED) is 0.603. The van der Waals surface area contributed by atoms with Crippen LogP contribution in [0.5, 0.6) is 0 Å². The van der Waals surface area contributed by atoms with Crippen LogP contribution in [-0.4, -0.2) is 27.4 Å². The molecular formula is C8H18NO4P. The molecular weight excluding hydrogens is 205 g/mol. The standard InChI is InChI=1S/C8H18NO4P/c1-4-8(5-2,14(11,12)13)7(10)9-6-3/h4-6H2,1-3H3,(H,9,10)(H2,11,12,13). The summed E-state index contributed by atoms with van der Waals surface area (Å²) < 4.78 is 11.3. The zero-order valence-corrected chi connectivity index (χ0v) is 9.67. The van der Waals surface area contributed by atoms with E-state index in [1.807, 2.05) is 0 Å². The second-order valence-electron chi connectivity index (χ2n) is 3.14. The Morgan fingerprint density at radius 2 is 1.71 bits per heavy atom. The molecule has 0 saturated heterocycles. The van der Waals surface area contributed by atoms with Gasteiger partial charge in [0.1, 0.15) is 5.16 Å². The van der Waals surface area contributed by atoms with Crippen molar-refractivity contribution in [3.05, 3.63) is 0 Å². The molecule has 0 rings (SSSR count). The normalized spacial score (nSPS) is 12.6. The predicted molar refractivity (Wildman–Crippen MR) is 54.0 cm³/mol. The van der Waals surface area contributed by atoms with Gasteiger partial charge in [-0.15, -0.1) is 0 Å². The Hall–Kier alpha value is -0.380. The van der Waals surface area contributed by atoms with E-state index in [0.29, 0.717) is 6.54 Å². The predicted octanol–water partition coefficient (Wildman–Crippen LogP) is 0.859. The summed E-state index contributed by atoms with van der Waals surface area (Å²) in [4.78, 5) is 29.9. The molecule has 0 saturated carbocycles. The highest BCUT2D eigenvalue weighted by Gasteiger charge is 2.50. The van der Waals surface area contributed by atoms with E-state index >= 15 is 0 Å². The summed E-state index contributed by atoms with van der Waals surface area (Å²) in [5.41, 5.74) is 0. The molecule has 0 atom stereocenters. The lowest BCUT2D eigenvalue weighted by molar-refractivity contribution is -0.124. The smallest absolute Gasteiger partial charge is 0.340 e. The van der Waals surface area contributed by atoms with Crippen LogP contribution in [0.1, 0.15) is 33.6 Å². The van der Waals surface area contributed by atoms with Gasteiger partial charge in [-0.05, 0) is 19.8 Å². The number of carbonyl (C=O) groups is 1. The van der Waals surface area contributed by atoms with Crippen molar-refractivity contribution in [2.75, 3.05) is 6.54 Å². The van der Waals surface area contributed by atoms with Gasteiger partial charge in [-0.1, -0.05) is 13.8 Å². The minimum absolute atomic E-state index is 0.139. The first-order valence-electron chi connectivity index (χ1n) is 4.69. The number of hydrogen-bond acceptors (Lipinski definition) is 2. The molecule has 0 aromatic rings. The van der Waals surface area contributed by atoms with E-state index in [1.54, 1.807) is 20.8 Å². The van der Waals surface area contributed by atoms with E-state index in [9.17, 15) is 19.1 Å². The van der Waals surface area contributed by atoms with Crippen LogP contribution in [0.15, 0.2) is 0 Å². The molecule has 0 heterocycles. The van der Waals surface area contributed by atoms with Crippen LogP contribution in [0.2, 0.25) is 0 Å². The second-order valence-corrected chi connectivity index (χ2v) is 5.09. The Morgan fingerprint density at radius 1 is 1.29 bits per heavy atom. The minimum Gasteiger partial charge on any atom is -0.355 e. The van der Waals surface area contributed by atoms with Crippen molar-refractivity contribution in [1.82, 2.24) is 5.32 Å². The van der Waals surface area contributed by atoms with Gasteiger partial charge in [0.15, 0.2) is 0 Å². The maximum absolute atomic E-state index is 11.6. The van der Waals surface area contributed by atoms with Gasteiger partial charge in [-0.25, -0.2) is 0 Å². The Balaban J connectivity index is 5.08. The lowest BCUT2D eigenvalue weighted by atomic mass is 10.0. The van der Waals surface area contributed by atoms with Gasteiger partial charge in [0, 0.05) is 6.54 Å². The van der Waals surface area contributed by atoms with E-state index < -0.39 is 18.7 Å². The maximum Gasteiger partial charge on any atom is 0.340 e. The van der Waals surface area contributed by atoms with Crippen molar-refractivity contribution >= 4 is 13.5 Å². The Morgan fingerprint density at radius 3 is 1.93 bits per heavy atom. The monoisotopic (exact) mass is 223 g/mol. The van der Waals surface area contributed by atoms with E-state index in [-0.39, 0.29) is 12.8 Å². The number of carbonyl (C=O) groups excluding carboxylic acids is 1. The molecule has 0 unspecified atom stereocenters. The molecule has 0 aromatic heterocycles. The molecule has 0 aromatic carbocycles. The number of hydrogen-bond donors (Lipinski definition) is 3. The highest BCUT2D eigenvalue weighted by Crippen LogP contribution is 2.54. The zero-order valence-electron chi connectivity index (χ0n) is 8.78. The molecule has 3 N–H and O–H groups in total. The van der Waals surface area contributed by atoms with Gasteiger partial charge in [-0.2, -0.15) is 0 Å². The highest BCUT2D eigenvalue weighted by atomic mass is 31.2. The molecule has 0 bridgehead atoms. The Labute approximate surface area is 84.1 Å². The summed E-state index contributed by atoms with van der Waals surface area (Å²) in [5, 5.41) is 0.911. The lowest BCUT2D eigenvalue weighted by Crippen LogP contribution is -2.45. The topological polar surface area (TPSA) is 86.6 Å². The molecule has 0 aliphatic heterocycles. The summed E-state index contributed by atoms with van der Waals surface area (Å²) >= 11 is 0. The van der Waals surface area contributed by atoms with Crippen LogP contribution in [0.3, 0.4) is 0 Å². The van der Waals surface area contributed by atoms with Crippen LogP contribution < -0.4 is 5.32 Å². The van der Waals surface area contributed by atoms with Gasteiger partial charge in [-0.3, -0.25) is 9.36 Å². The molecule has 0 spiro atoms. The number of rotatable bonds is 5. The third-order valence-corrected chi connectivity index (χ3v) is 4.44. The molecule has 0 aliphatic rings. The summed E-state index contributed by atoms with van der Waals surface area (Å²) in [6.45, 7) is 5.31. The summed E-state index contributed by atoms with van der Waals surface area (Å²) in [5.74, 6) is -0.557. The molecule has 0 aliphatic carbocycles. The highest BCUT2D eigenvalue weighted by molar-refractivity contribution is 7.54. The van der Waals surface area contributed by atoms with E-state index in [0.717, 1.165) is 0 Å². The third kappa shape index (κ3) is 2.35. The van der Waals surface area contributed by atoms with Crippen LogP contribution in [0.4, 0.5) is 0 Å². The largest absolute Gasteiger partial charge is 0.355 e. The number of amides is 1. The molecule has 84 valence electrons. The molecule has 0 radical (unpaired) electrons. The fourth-order valence-electron chi connectivity index (χ4n) is 1.44. The van der Waals surface area contributed by atoms with Crippen molar-refractivity contribution in [2.45, 2.75) is 38.8 Å². The van der Waals surface area contributed by atoms with Crippen molar-refractivity contribution in [3.63, 3.8) is 0 Å². The fraction of sp³-hybridized carbons (Fsp3) is 0.875. The maximum atomic E-state index is 11.6. The van der Waals surface area contributed by atoms with Gasteiger partial charge < -0.3 is 15.1 Å². The molecule has 5 nitrogen and oxygen atoms in total. The average molecular weight is 223 g/mol. The minimum atomic E-state index is -4.40. The van der Waals surface area contributed by atoms with Crippen LogP contribution in [0, 0.1) is 0 Å². The SMILES string of the molecule is CCNC(=O)C(CC)(CC)P(=O)(O)O. The zero-order chi connectivity index (χ0) is 11.4. The first kappa shape index (κ1) is 13.6. The van der Waals surface area contributed by atoms with Crippen LogP contribution >= 0.6 is 7.60 Å². The third-order valence-electron chi connectivity index (χ3n) is 2.49. The summed E-state index contributed by atoms with van der Waals surface area (Å²) in [6.07, 6.45) is 0.277. The van der Waals surface area contributed by atoms with Crippen molar-refractivity contribution in [3.8, 4) is 0 Å². The Kier molecular flexibility index (Phi) is 4.78. The van der Waals surface area contributed by atoms with E-state index in [4.69, 9.17) is 0 Å². The van der Waals surface area contributed by atoms with Gasteiger partial charge in [0.05, 0.1) is 0 Å². The molecule has 6 heteroatoms. The number of nitrogens with one attached hydrogen (secondary N) is 1. The first-order valence-corrected chi connectivity index (χ1v) is 6.30. The van der Waals surface area contributed by atoms with Crippen LogP contribution in [0.25, 0.3) is 0 Å². The second kappa shape index (κ2) is 4.91.